The first-order valence-corrected chi connectivity index (χ1v) is 5.74. The van der Waals surface area contributed by atoms with Crippen molar-refractivity contribution in [2.45, 2.75) is 31.5 Å². The Morgan fingerprint density at radius 3 is 2.83 bits per heavy atom. The van der Waals surface area contributed by atoms with Gasteiger partial charge in [-0.05, 0) is 0 Å². The summed E-state index contributed by atoms with van der Waals surface area (Å²) in [6, 6.07) is -0.907. The molecule has 7 nitrogen and oxygen atoms in total. The van der Waals surface area contributed by atoms with Crippen molar-refractivity contribution in [3.8, 4) is 0 Å². The lowest BCUT2D eigenvalue weighted by molar-refractivity contribution is -0.148. The SMILES string of the molecule is O=C(O)[C@@H]1C[C@@H](O)CN1C(=O)CCn1ccnc1. The molecule has 0 saturated carbocycles. The second-order valence-corrected chi connectivity index (χ2v) is 4.34. The van der Waals surface area contributed by atoms with Crippen LogP contribution in [0.25, 0.3) is 0 Å². The molecule has 0 aromatic carbocycles. The van der Waals surface area contributed by atoms with Crippen LogP contribution < -0.4 is 0 Å². The quantitative estimate of drug-likeness (QED) is 0.741. The molecule has 1 fully saturated rings. The summed E-state index contributed by atoms with van der Waals surface area (Å²) in [6.07, 6.45) is 4.51. The van der Waals surface area contributed by atoms with E-state index < -0.39 is 18.1 Å². The Morgan fingerprint density at radius 1 is 1.44 bits per heavy atom. The number of aliphatic hydroxyl groups is 1. The molecule has 2 N–H and O–H groups in total. The summed E-state index contributed by atoms with van der Waals surface area (Å²) in [5.41, 5.74) is 0. The minimum Gasteiger partial charge on any atom is -0.480 e. The van der Waals surface area contributed by atoms with Crippen molar-refractivity contribution in [1.29, 1.82) is 0 Å². The highest BCUT2D eigenvalue weighted by Gasteiger charge is 2.38. The van der Waals surface area contributed by atoms with Gasteiger partial charge in [0, 0.05) is 38.3 Å². The number of aliphatic hydroxyl groups excluding tert-OH is 1. The van der Waals surface area contributed by atoms with Gasteiger partial charge in [0.2, 0.25) is 5.91 Å². The molecule has 1 aliphatic rings. The van der Waals surface area contributed by atoms with E-state index in [0.29, 0.717) is 6.54 Å². The number of hydrogen-bond donors (Lipinski definition) is 2. The topological polar surface area (TPSA) is 95.7 Å². The van der Waals surface area contributed by atoms with Crippen molar-refractivity contribution >= 4 is 11.9 Å². The van der Waals surface area contributed by atoms with Gasteiger partial charge >= 0.3 is 5.97 Å². The Labute approximate surface area is 104 Å². The first-order valence-electron chi connectivity index (χ1n) is 5.74. The van der Waals surface area contributed by atoms with Crippen molar-refractivity contribution in [2.24, 2.45) is 0 Å². The molecule has 98 valence electrons. The zero-order valence-electron chi connectivity index (χ0n) is 9.77. The molecule has 2 rings (SSSR count). The van der Waals surface area contributed by atoms with Gasteiger partial charge in [-0.15, -0.1) is 0 Å². The Bertz CT molecular complexity index is 432. The smallest absolute Gasteiger partial charge is 0.326 e. The van der Waals surface area contributed by atoms with Gasteiger partial charge < -0.3 is 19.7 Å². The van der Waals surface area contributed by atoms with Gasteiger partial charge in [-0.25, -0.2) is 9.78 Å². The van der Waals surface area contributed by atoms with Gasteiger partial charge in [0.1, 0.15) is 6.04 Å². The third-order valence-corrected chi connectivity index (χ3v) is 3.03. The lowest BCUT2D eigenvalue weighted by atomic mass is 10.2. The van der Waals surface area contributed by atoms with Crippen molar-refractivity contribution < 1.29 is 19.8 Å². The second kappa shape index (κ2) is 5.18. The van der Waals surface area contributed by atoms with Crippen molar-refractivity contribution in [3.63, 3.8) is 0 Å². The average Bonchev–Trinajstić information content (AvgIpc) is 2.94. The van der Waals surface area contributed by atoms with E-state index in [2.05, 4.69) is 4.98 Å². The highest BCUT2D eigenvalue weighted by Crippen LogP contribution is 2.19. The molecule has 1 aromatic rings. The molecule has 0 bridgehead atoms. The van der Waals surface area contributed by atoms with Gasteiger partial charge in [0.25, 0.3) is 0 Å². The van der Waals surface area contributed by atoms with Crippen molar-refractivity contribution in [3.05, 3.63) is 18.7 Å². The number of imidazole rings is 1. The number of rotatable bonds is 4. The highest BCUT2D eigenvalue weighted by atomic mass is 16.4. The zero-order chi connectivity index (χ0) is 13.1. The average molecular weight is 253 g/mol. The van der Waals surface area contributed by atoms with E-state index in [1.54, 1.807) is 23.3 Å². The third-order valence-electron chi connectivity index (χ3n) is 3.03. The fraction of sp³-hybridized carbons (Fsp3) is 0.545. The summed E-state index contributed by atoms with van der Waals surface area (Å²) in [6.45, 7) is 0.553. The van der Waals surface area contributed by atoms with Crippen LogP contribution in [0.3, 0.4) is 0 Å². The number of aromatic nitrogens is 2. The summed E-state index contributed by atoms with van der Waals surface area (Å²) in [4.78, 5) is 28.0. The number of nitrogens with zero attached hydrogens (tertiary/aromatic N) is 3. The maximum Gasteiger partial charge on any atom is 0.326 e. The van der Waals surface area contributed by atoms with E-state index in [9.17, 15) is 14.7 Å². The van der Waals surface area contributed by atoms with Crippen LogP contribution in [-0.2, 0) is 16.1 Å². The minimum absolute atomic E-state index is 0.0970. The monoisotopic (exact) mass is 253 g/mol. The van der Waals surface area contributed by atoms with Crippen LogP contribution in [-0.4, -0.2) is 55.2 Å². The lowest BCUT2D eigenvalue weighted by Gasteiger charge is -2.21. The molecule has 1 amide bonds. The van der Waals surface area contributed by atoms with E-state index in [4.69, 9.17) is 5.11 Å². The maximum atomic E-state index is 11.9. The number of carbonyl (C=O) groups excluding carboxylic acids is 1. The Balaban J connectivity index is 1.93. The molecule has 7 heteroatoms. The minimum atomic E-state index is -1.07. The first-order chi connectivity index (χ1) is 8.58. The predicted molar refractivity (Wildman–Crippen MR) is 60.6 cm³/mol. The number of carbonyl (C=O) groups is 2. The lowest BCUT2D eigenvalue weighted by Crippen LogP contribution is -2.40. The van der Waals surface area contributed by atoms with Gasteiger partial charge in [0.05, 0.1) is 12.4 Å². The van der Waals surface area contributed by atoms with Gasteiger partial charge in [-0.3, -0.25) is 4.79 Å². The molecule has 0 unspecified atom stereocenters. The van der Waals surface area contributed by atoms with Gasteiger partial charge in [-0.1, -0.05) is 0 Å². The van der Waals surface area contributed by atoms with E-state index in [0.717, 1.165) is 0 Å². The maximum absolute atomic E-state index is 11.9. The molecule has 1 saturated heterocycles. The Hall–Kier alpha value is -1.89. The number of aliphatic carboxylic acids is 1. The Morgan fingerprint density at radius 2 is 2.22 bits per heavy atom. The van der Waals surface area contributed by atoms with Crippen LogP contribution in [0.15, 0.2) is 18.7 Å². The predicted octanol–water partition coefficient (Wildman–Crippen LogP) is -0.680. The summed E-state index contributed by atoms with van der Waals surface area (Å²) < 4.78 is 1.75. The molecule has 18 heavy (non-hydrogen) atoms. The molecule has 0 radical (unpaired) electrons. The molecule has 1 aromatic heterocycles. The first kappa shape index (κ1) is 12.6. The number of carboxylic acids is 1. The molecule has 2 heterocycles. The standard InChI is InChI=1S/C11H15N3O4/c15-8-5-9(11(17)18)14(6-8)10(16)1-3-13-4-2-12-7-13/h2,4,7-9,15H,1,3,5-6H2,(H,17,18)/t8-,9+/m1/s1. The second-order valence-electron chi connectivity index (χ2n) is 4.34. The molecule has 0 spiro atoms. The summed E-state index contributed by atoms with van der Waals surface area (Å²) in [5.74, 6) is -1.32. The highest BCUT2D eigenvalue weighted by molar-refractivity contribution is 5.84. The molecule has 2 atom stereocenters. The Kier molecular flexibility index (Phi) is 3.61. The van der Waals surface area contributed by atoms with Gasteiger partial charge in [-0.2, -0.15) is 0 Å². The number of carboxylic acid groups (broad SMARTS) is 1. The third kappa shape index (κ3) is 2.67. The number of amides is 1. The summed E-state index contributed by atoms with van der Waals surface area (Å²) in [5, 5.41) is 18.4. The largest absolute Gasteiger partial charge is 0.480 e. The zero-order valence-corrected chi connectivity index (χ0v) is 9.77. The van der Waals surface area contributed by atoms with Crippen LogP contribution in [0.2, 0.25) is 0 Å². The van der Waals surface area contributed by atoms with E-state index in [1.165, 1.54) is 4.90 Å². The van der Waals surface area contributed by atoms with Gasteiger partial charge in [0.15, 0.2) is 0 Å². The number of β-amino-alcohol motifs (C(OH)–C–C–N with tert-alkyl or cyclic N) is 1. The summed E-state index contributed by atoms with van der Waals surface area (Å²) >= 11 is 0. The number of likely N-dealkylation sites (tertiary alicyclic amines) is 1. The number of aryl methyl sites for hydroxylation is 1. The van der Waals surface area contributed by atoms with Crippen LogP contribution >= 0.6 is 0 Å². The van der Waals surface area contributed by atoms with Crippen LogP contribution in [0.4, 0.5) is 0 Å². The molecular formula is C11H15N3O4. The van der Waals surface area contributed by atoms with E-state index in [-0.39, 0.29) is 25.3 Å². The summed E-state index contributed by atoms with van der Waals surface area (Å²) in [7, 11) is 0. The van der Waals surface area contributed by atoms with Crippen LogP contribution in [0.5, 0.6) is 0 Å². The molecule has 1 aliphatic heterocycles. The molecule has 0 aliphatic carbocycles. The van der Waals surface area contributed by atoms with E-state index in [1.807, 2.05) is 0 Å². The van der Waals surface area contributed by atoms with Crippen LogP contribution in [0, 0.1) is 0 Å². The van der Waals surface area contributed by atoms with Crippen molar-refractivity contribution in [1.82, 2.24) is 14.5 Å². The normalized spacial score (nSPS) is 23.3. The fourth-order valence-corrected chi connectivity index (χ4v) is 2.11. The van der Waals surface area contributed by atoms with Crippen LogP contribution in [0.1, 0.15) is 12.8 Å². The van der Waals surface area contributed by atoms with E-state index >= 15 is 0 Å². The number of hydrogen-bond acceptors (Lipinski definition) is 4. The fourth-order valence-electron chi connectivity index (χ4n) is 2.11. The molecular weight excluding hydrogens is 238 g/mol. The van der Waals surface area contributed by atoms with Crippen molar-refractivity contribution in [2.75, 3.05) is 6.54 Å².